The predicted molar refractivity (Wildman–Crippen MR) is 90.6 cm³/mol. The minimum Gasteiger partial charge on any atom is -0.375 e. The molecule has 2 atom stereocenters. The zero-order chi connectivity index (χ0) is 17.7. The molecule has 2 N–H and O–H groups in total. The van der Waals surface area contributed by atoms with Gasteiger partial charge in [-0.25, -0.2) is 0 Å². The molecule has 1 heterocycles. The number of nitrogens with zero attached hydrogens (tertiary/aromatic N) is 2. The van der Waals surface area contributed by atoms with Crippen molar-refractivity contribution in [1.29, 1.82) is 0 Å². The Balaban J connectivity index is 1.74. The number of aromatic nitrogens is 2. The molecule has 0 aliphatic heterocycles. The first kappa shape index (κ1) is 18.4. The fraction of sp³-hybridized carbons (Fsp3) is 0.706. The second kappa shape index (κ2) is 8.28. The van der Waals surface area contributed by atoms with E-state index in [4.69, 9.17) is 4.74 Å². The van der Waals surface area contributed by atoms with Crippen LogP contribution in [0.1, 0.15) is 42.6 Å². The summed E-state index contributed by atoms with van der Waals surface area (Å²) in [5.41, 5.74) is 3.26. The Morgan fingerprint density at radius 1 is 1.21 bits per heavy atom. The van der Waals surface area contributed by atoms with Crippen LogP contribution in [-0.2, 0) is 27.8 Å². The van der Waals surface area contributed by atoms with E-state index < -0.39 is 0 Å². The van der Waals surface area contributed by atoms with Gasteiger partial charge in [-0.3, -0.25) is 14.3 Å². The molecule has 24 heavy (non-hydrogen) atoms. The Kier molecular flexibility index (Phi) is 6.36. The molecule has 134 valence electrons. The van der Waals surface area contributed by atoms with Crippen LogP contribution < -0.4 is 10.6 Å². The summed E-state index contributed by atoms with van der Waals surface area (Å²) in [6.45, 7) is 4.08. The predicted octanol–water partition coefficient (Wildman–Crippen LogP) is 0.769. The Morgan fingerprint density at radius 3 is 2.38 bits per heavy atom. The van der Waals surface area contributed by atoms with Crippen molar-refractivity contribution in [3.8, 4) is 0 Å². The normalized spacial score (nSPS) is 20.2. The summed E-state index contributed by atoms with van der Waals surface area (Å²) in [6.07, 6.45) is 3.74. The highest BCUT2D eigenvalue weighted by atomic mass is 16.5. The maximum absolute atomic E-state index is 12.2. The van der Waals surface area contributed by atoms with Gasteiger partial charge < -0.3 is 15.4 Å². The number of carbonyl (C=O) groups is 2. The molecule has 7 nitrogen and oxygen atoms in total. The largest absolute Gasteiger partial charge is 0.375 e. The van der Waals surface area contributed by atoms with E-state index in [2.05, 4.69) is 15.7 Å². The molecule has 0 radical (unpaired) electrons. The van der Waals surface area contributed by atoms with Gasteiger partial charge in [0.1, 0.15) is 6.61 Å². The molecule has 0 aromatic carbocycles. The molecule has 2 rings (SSSR count). The van der Waals surface area contributed by atoms with Crippen molar-refractivity contribution in [2.45, 2.75) is 58.0 Å². The summed E-state index contributed by atoms with van der Waals surface area (Å²) in [5.74, 6) is -0.0384. The van der Waals surface area contributed by atoms with Crippen LogP contribution in [0.4, 0.5) is 0 Å². The van der Waals surface area contributed by atoms with Crippen molar-refractivity contribution in [3.05, 3.63) is 17.0 Å². The minimum atomic E-state index is -0.1000. The number of hydrogen-bond acceptors (Lipinski definition) is 4. The van der Waals surface area contributed by atoms with E-state index in [1.165, 1.54) is 7.11 Å². The molecule has 0 spiro atoms. The number of carbonyl (C=O) groups excluding carboxylic acids is 2. The summed E-state index contributed by atoms with van der Waals surface area (Å²) in [4.78, 5) is 23.7. The molecule has 1 aliphatic rings. The standard InChI is InChI=1S/C17H28N4O3/c1-11-15(12(2)21(3)20-11)7-8-16(22)18-13-5-6-14(9-13)19-17(23)10-24-4/h13-14H,5-10H2,1-4H3,(H,18,22)(H,19,23)/t13-,14+/m0/s1. The third-order valence-corrected chi connectivity index (χ3v) is 4.70. The van der Waals surface area contributed by atoms with Gasteiger partial charge >= 0.3 is 0 Å². The monoisotopic (exact) mass is 336 g/mol. The lowest BCUT2D eigenvalue weighted by Gasteiger charge is -2.14. The number of hydrogen-bond donors (Lipinski definition) is 2. The van der Waals surface area contributed by atoms with E-state index in [-0.39, 0.29) is 30.5 Å². The zero-order valence-electron chi connectivity index (χ0n) is 15.0. The van der Waals surface area contributed by atoms with Crippen LogP contribution in [0, 0.1) is 13.8 Å². The molecule has 2 amide bonds. The molecule has 1 aromatic heterocycles. The van der Waals surface area contributed by atoms with Gasteiger partial charge in [-0.15, -0.1) is 0 Å². The van der Waals surface area contributed by atoms with Gasteiger partial charge in [-0.05, 0) is 45.1 Å². The number of ether oxygens (including phenoxy) is 1. The highest BCUT2D eigenvalue weighted by molar-refractivity contribution is 5.78. The van der Waals surface area contributed by atoms with E-state index in [0.717, 1.165) is 36.2 Å². The summed E-state index contributed by atoms with van der Waals surface area (Å²) >= 11 is 0. The van der Waals surface area contributed by atoms with E-state index in [9.17, 15) is 9.59 Å². The summed E-state index contributed by atoms with van der Waals surface area (Å²) in [6, 6.07) is 0.266. The van der Waals surface area contributed by atoms with Crippen LogP contribution in [0.5, 0.6) is 0 Å². The first-order chi connectivity index (χ1) is 11.4. The smallest absolute Gasteiger partial charge is 0.246 e. The van der Waals surface area contributed by atoms with Crippen LogP contribution >= 0.6 is 0 Å². The Morgan fingerprint density at radius 2 is 1.83 bits per heavy atom. The Hall–Kier alpha value is -1.89. The minimum absolute atomic E-state index is 0.0616. The van der Waals surface area contributed by atoms with Gasteiger partial charge in [-0.2, -0.15) is 5.10 Å². The molecule has 1 aliphatic carbocycles. The fourth-order valence-corrected chi connectivity index (χ4v) is 3.36. The highest BCUT2D eigenvalue weighted by Gasteiger charge is 2.27. The van der Waals surface area contributed by atoms with Crippen LogP contribution in [0.2, 0.25) is 0 Å². The lowest BCUT2D eigenvalue weighted by molar-refractivity contribution is -0.125. The third kappa shape index (κ3) is 4.80. The number of nitrogens with one attached hydrogen (secondary N) is 2. The number of amides is 2. The van der Waals surface area contributed by atoms with Crippen LogP contribution in [0.25, 0.3) is 0 Å². The van der Waals surface area contributed by atoms with Crippen molar-refractivity contribution in [1.82, 2.24) is 20.4 Å². The van der Waals surface area contributed by atoms with Gasteiger partial charge in [-0.1, -0.05) is 0 Å². The molecule has 0 bridgehead atoms. The molecule has 0 saturated heterocycles. The van der Waals surface area contributed by atoms with Gasteiger partial charge in [0, 0.05) is 38.4 Å². The quantitative estimate of drug-likeness (QED) is 0.770. The second-order valence-corrected chi connectivity index (χ2v) is 6.55. The first-order valence-corrected chi connectivity index (χ1v) is 8.47. The maximum atomic E-state index is 12.2. The summed E-state index contributed by atoms with van der Waals surface area (Å²) in [5, 5.41) is 10.4. The fourth-order valence-electron chi connectivity index (χ4n) is 3.36. The first-order valence-electron chi connectivity index (χ1n) is 8.47. The lowest BCUT2D eigenvalue weighted by atomic mass is 10.1. The van der Waals surface area contributed by atoms with Crippen LogP contribution in [0.3, 0.4) is 0 Å². The van der Waals surface area contributed by atoms with E-state index in [0.29, 0.717) is 12.8 Å². The topological polar surface area (TPSA) is 85.2 Å². The molecule has 0 unspecified atom stereocenters. The Bertz CT molecular complexity index is 597. The van der Waals surface area contributed by atoms with Gasteiger partial charge in [0.25, 0.3) is 0 Å². The lowest BCUT2D eigenvalue weighted by Crippen LogP contribution is -2.38. The van der Waals surface area contributed by atoms with E-state index in [1.54, 1.807) is 0 Å². The highest BCUT2D eigenvalue weighted by Crippen LogP contribution is 2.20. The number of methoxy groups -OCH3 is 1. The second-order valence-electron chi connectivity index (χ2n) is 6.55. The van der Waals surface area contributed by atoms with Gasteiger partial charge in [0.05, 0.1) is 5.69 Å². The van der Waals surface area contributed by atoms with Crippen molar-refractivity contribution < 1.29 is 14.3 Å². The number of rotatable bonds is 7. The molecule has 1 aromatic rings. The molecule has 1 fully saturated rings. The third-order valence-electron chi connectivity index (χ3n) is 4.70. The van der Waals surface area contributed by atoms with E-state index >= 15 is 0 Å². The van der Waals surface area contributed by atoms with Crippen molar-refractivity contribution in [3.63, 3.8) is 0 Å². The molecular formula is C17H28N4O3. The molecular weight excluding hydrogens is 308 g/mol. The van der Waals surface area contributed by atoms with Gasteiger partial charge in [0.2, 0.25) is 11.8 Å². The van der Waals surface area contributed by atoms with Crippen molar-refractivity contribution >= 4 is 11.8 Å². The van der Waals surface area contributed by atoms with Crippen LogP contribution in [-0.4, -0.2) is 47.4 Å². The summed E-state index contributed by atoms with van der Waals surface area (Å²) in [7, 11) is 3.42. The zero-order valence-corrected chi connectivity index (χ0v) is 15.0. The average molecular weight is 336 g/mol. The molecule has 1 saturated carbocycles. The Labute approximate surface area is 143 Å². The summed E-state index contributed by atoms with van der Waals surface area (Å²) < 4.78 is 6.67. The van der Waals surface area contributed by atoms with Gasteiger partial charge in [0.15, 0.2) is 0 Å². The van der Waals surface area contributed by atoms with E-state index in [1.807, 2.05) is 25.6 Å². The number of aryl methyl sites for hydroxylation is 2. The molecule has 7 heteroatoms. The van der Waals surface area contributed by atoms with Crippen LogP contribution in [0.15, 0.2) is 0 Å². The van der Waals surface area contributed by atoms with Crippen molar-refractivity contribution in [2.24, 2.45) is 7.05 Å². The maximum Gasteiger partial charge on any atom is 0.246 e. The van der Waals surface area contributed by atoms with Crippen molar-refractivity contribution in [2.75, 3.05) is 13.7 Å². The SMILES string of the molecule is COCC(=O)N[C@@H]1CC[C@H](NC(=O)CCc2c(C)nn(C)c2C)C1. The average Bonchev–Trinajstić information content (AvgIpc) is 3.03.